The van der Waals surface area contributed by atoms with E-state index in [9.17, 15) is 9.90 Å². The van der Waals surface area contributed by atoms with Crippen molar-refractivity contribution in [1.82, 2.24) is 0 Å². The molecule has 3 saturated carbocycles. The lowest BCUT2D eigenvalue weighted by atomic mass is 9.47. The molecule has 4 aliphatic rings. The van der Waals surface area contributed by atoms with E-state index in [0.29, 0.717) is 23.5 Å². The molecular formula is C22H31NO4. The lowest BCUT2D eigenvalue weighted by Crippen LogP contribution is -2.53. The van der Waals surface area contributed by atoms with E-state index in [4.69, 9.17) is 9.94 Å². The number of carboxylic acids is 1. The predicted octanol–water partition coefficient (Wildman–Crippen LogP) is 3.93. The van der Waals surface area contributed by atoms with Gasteiger partial charge in [-0.05, 0) is 80.8 Å². The number of carbonyl (C=O) groups is 1. The molecular weight excluding hydrogens is 342 g/mol. The minimum absolute atomic E-state index is 0.0323. The lowest BCUT2D eigenvalue weighted by Gasteiger charge is -2.58. The molecule has 0 aromatic rings. The highest BCUT2D eigenvalue weighted by atomic mass is 16.6. The fourth-order valence-electron chi connectivity index (χ4n) is 6.67. The number of hydrogen-bond donors (Lipinski definition) is 2. The Balaban J connectivity index is 1.57. The van der Waals surface area contributed by atoms with Crippen LogP contribution in [-0.2, 0) is 9.63 Å². The first-order chi connectivity index (χ1) is 12.7. The summed E-state index contributed by atoms with van der Waals surface area (Å²) in [6.07, 6.45) is 12.8. The minimum atomic E-state index is -1.02. The van der Waals surface area contributed by atoms with Crippen LogP contribution in [-0.4, -0.2) is 34.1 Å². The Kier molecular flexibility index (Phi) is 4.30. The molecule has 0 amide bonds. The van der Waals surface area contributed by atoms with Crippen molar-refractivity contribution in [3.8, 4) is 0 Å². The summed E-state index contributed by atoms with van der Waals surface area (Å²) in [5, 5.41) is 23.7. The third-order valence-electron chi connectivity index (χ3n) is 8.49. The predicted molar refractivity (Wildman–Crippen MR) is 103 cm³/mol. The Morgan fingerprint density at radius 2 is 1.96 bits per heavy atom. The van der Waals surface area contributed by atoms with Crippen LogP contribution in [0.4, 0.5) is 0 Å². The third-order valence-corrected chi connectivity index (χ3v) is 8.49. The monoisotopic (exact) mass is 373 g/mol. The van der Waals surface area contributed by atoms with E-state index in [1.165, 1.54) is 12.0 Å². The van der Waals surface area contributed by atoms with Crippen molar-refractivity contribution in [3.63, 3.8) is 0 Å². The molecule has 0 heterocycles. The second kappa shape index (κ2) is 6.20. The number of aliphatic hydroxyl groups is 1. The van der Waals surface area contributed by atoms with Crippen molar-refractivity contribution in [2.45, 2.75) is 64.9 Å². The number of allylic oxidation sites excluding steroid dienone is 4. The van der Waals surface area contributed by atoms with Gasteiger partial charge < -0.3 is 15.1 Å². The number of hydrogen-bond acceptors (Lipinski definition) is 4. The molecule has 3 fully saturated rings. The molecule has 0 bridgehead atoms. The summed E-state index contributed by atoms with van der Waals surface area (Å²) < 4.78 is 0. The van der Waals surface area contributed by atoms with Crippen LogP contribution in [0.25, 0.3) is 0 Å². The van der Waals surface area contributed by atoms with Crippen molar-refractivity contribution >= 4 is 11.7 Å². The first-order valence-electron chi connectivity index (χ1n) is 10.2. The molecule has 0 aromatic heterocycles. The van der Waals surface area contributed by atoms with Gasteiger partial charge in [-0.25, -0.2) is 4.79 Å². The van der Waals surface area contributed by atoms with Crippen LogP contribution in [0.15, 0.2) is 29.0 Å². The van der Waals surface area contributed by atoms with E-state index in [-0.39, 0.29) is 10.8 Å². The third kappa shape index (κ3) is 2.77. The molecule has 0 aromatic carbocycles. The zero-order valence-corrected chi connectivity index (χ0v) is 16.6. The van der Waals surface area contributed by atoms with Crippen LogP contribution in [0.5, 0.6) is 0 Å². The minimum Gasteiger partial charge on any atom is -0.479 e. The van der Waals surface area contributed by atoms with E-state index < -0.39 is 18.2 Å². The summed E-state index contributed by atoms with van der Waals surface area (Å²) in [5.41, 5.74) is 1.62. The number of aliphatic carboxylic acids is 1. The first kappa shape index (κ1) is 18.7. The molecule has 4 rings (SSSR count). The van der Waals surface area contributed by atoms with E-state index in [2.05, 4.69) is 31.2 Å². The van der Waals surface area contributed by atoms with Gasteiger partial charge >= 0.3 is 5.97 Å². The maximum atomic E-state index is 11.0. The van der Waals surface area contributed by atoms with E-state index in [1.807, 2.05) is 13.0 Å². The summed E-state index contributed by atoms with van der Waals surface area (Å²) in [5.74, 6) is 0.843. The van der Waals surface area contributed by atoms with E-state index in [0.717, 1.165) is 32.1 Å². The van der Waals surface area contributed by atoms with Crippen LogP contribution in [0, 0.1) is 28.6 Å². The zero-order chi connectivity index (χ0) is 19.4. The standard InChI is InChI=1S/C22H31NO4/c1-20-9-6-15(23-27-13-19(24)25)12-14(20)4-5-16-17(20)7-10-21(2)18(16)8-11-22(21,3)26/h6,9,12,16-18,26H,4-5,7-8,10-11,13H2,1-3H3,(H,24,25). The topological polar surface area (TPSA) is 79.1 Å². The fourth-order valence-corrected chi connectivity index (χ4v) is 6.67. The quantitative estimate of drug-likeness (QED) is 0.735. The SMILES string of the molecule is CC12C=CC(=NOCC(=O)O)C=C1CCC1C2CCC2(C)C1CCC2(C)O. The lowest BCUT2D eigenvalue weighted by molar-refractivity contribution is -0.142. The van der Waals surface area contributed by atoms with E-state index >= 15 is 0 Å². The normalized spacial score (nSPS) is 47.0. The molecule has 0 saturated heterocycles. The zero-order valence-electron chi connectivity index (χ0n) is 16.6. The number of fused-ring (bicyclic) bond motifs is 5. The number of nitrogens with zero attached hydrogens (tertiary/aromatic N) is 1. The fraction of sp³-hybridized carbons (Fsp3) is 0.727. The average molecular weight is 373 g/mol. The molecule has 2 N–H and O–H groups in total. The summed E-state index contributed by atoms with van der Waals surface area (Å²) >= 11 is 0. The molecule has 4 aliphatic carbocycles. The van der Waals surface area contributed by atoms with E-state index in [1.54, 1.807) is 0 Å². The summed E-state index contributed by atoms with van der Waals surface area (Å²) in [6.45, 7) is 6.29. The van der Waals surface area contributed by atoms with Gasteiger partial charge in [0.05, 0.1) is 5.60 Å². The van der Waals surface area contributed by atoms with Gasteiger partial charge in [0, 0.05) is 5.41 Å². The van der Waals surface area contributed by atoms with Crippen LogP contribution in [0.3, 0.4) is 0 Å². The molecule has 0 radical (unpaired) electrons. The van der Waals surface area contributed by atoms with Gasteiger partial charge in [0.25, 0.3) is 0 Å². The van der Waals surface area contributed by atoms with Crippen LogP contribution >= 0.6 is 0 Å². The maximum Gasteiger partial charge on any atom is 0.344 e. The van der Waals surface area contributed by atoms with Gasteiger partial charge in [-0.2, -0.15) is 0 Å². The molecule has 5 heteroatoms. The Labute approximate surface area is 161 Å². The summed E-state index contributed by atoms with van der Waals surface area (Å²) in [6, 6.07) is 0. The molecule has 6 unspecified atom stereocenters. The Hall–Kier alpha value is -1.62. The Morgan fingerprint density at radius 1 is 1.22 bits per heavy atom. The molecule has 148 valence electrons. The van der Waals surface area contributed by atoms with Crippen LogP contribution in [0.1, 0.15) is 59.3 Å². The largest absolute Gasteiger partial charge is 0.479 e. The first-order valence-corrected chi connectivity index (χ1v) is 10.2. The highest BCUT2D eigenvalue weighted by Gasteiger charge is 2.61. The maximum absolute atomic E-state index is 11.0. The smallest absolute Gasteiger partial charge is 0.344 e. The van der Waals surface area contributed by atoms with Crippen molar-refractivity contribution in [1.29, 1.82) is 0 Å². The van der Waals surface area contributed by atoms with Gasteiger partial charge in [0.15, 0.2) is 0 Å². The molecule has 0 spiro atoms. The van der Waals surface area contributed by atoms with Crippen molar-refractivity contribution < 1.29 is 19.8 Å². The van der Waals surface area contributed by atoms with Crippen molar-refractivity contribution in [2.24, 2.45) is 33.7 Å². The van der Waals surface area contributed by atoms with Crippen molar-refractivity contribution in [2.75, 3.05) is 6.61 Å². The second-order valence-corrected chi connectivity index (χ2v) is 9.65. The molecule has 0 aliphatic heterocycles. The molecule has 6 atom stereocenters. The van der Waals surface area contributed by atoms with Gasteiger partial charge in [0.2, 0.25) is 6.61 Å². The number of rotatable bonds is 3. The van der Waals surface area contributed by atoms with Crippen LogP contribution < -0.4 is 0 Å². The van der Waals surface area contributed by atoms with Crippen molar-refractivity contribution in [3.05, 3.63) is 23.8 Å². The molecule has 5 nitrogen and oxygen atoms in total. The van der Waals surface area contributed by atoms with Crippen LogP contribution in [0.2, 0.25) is 0 Å². The number of carboxylic acid groups (broad SMARTS) is 1. The summed E-state index contributed by atoms with van der Waals surface area (Å²) in [4.78, 5) is 15.5. The second-order valence-electron chi connectivity index (χ2n) is 9.65. The van der Waals surface area contributed by atoms with Gasteiger partial charge in [-0.3, -0.25) is 0 Å². The highest BCUT2D eigenvalue weighted by Crippen LogP contribution is 2.66. The Bertz CT molecular complexity index is 737. The summed E-state index contributed by atoms with van der Waals surface area (Å²) in [7, 11) is 0. The average Bonchev–Trinajstić information content (AvgIpc) is 2.84. The molecule has 27 heavy (non-hydrogen) atoms. The number of oxime groups is 1. The highest BCUT2D eigenvalue weighted by molar-refractivity contribution is 6.05. The van der Waals surface area contributed by atoms with Gasteiger partial charge in [-0.1, -0.05) is 30.7 Å². The Morgan fingerprint density at radius 3 is 2.70 bits per heavy atom. The van der Waals surface area contributed by atoms with Gasteiger partial charge in [-0.15, -0.1) is 0 Å². The van der Waals surface area contributed by atoms with Gasteiger partial charge in [0.1, 0.15) is 5.71 Å².